The Labute approximate surface area is 143 Å². The summed E-state index contributed by atoms with van der Waals surface area (Å²) in [5, 5.41) is 0. The number of hydrogen-bond acceptors (Lipinski definition) is 5. The van der Waals surface area contributed by atoms with Gasteiger partial charge in [0.1, 0.15) is 11.4 Å². The van der Waals surface area contributed by atoms with E-state index in [2.05, 4.69) is 16.0 Å². The number of hydrogen-bond donors (Lipinski definition) is 0. The first-order chi connectivity index (χ1) is 11.5. The van der Waals surface area contributed by atoms with E-state index in [9.17, 15) is 4.79 Å². The van der Waals surface area contributed by atoms with E-state index in [4.69, 9.17) is 9.47 Å². The molecule has 2 aliphatic heterocycles. The Morgan fingerprint density at radius 2 is 2.04 bits per heavy atom. The normalized spacial score (nSPS) is 21.9. The molecule has 0 unspecified atom stereocenters. The fraction of sp³-hybridized carbons (Fsp3) is 0.667. The molecule has 6 heteroatoms. The van der Waals surface area contributed by atoms with E-state index in [0.717, 1.165) is 57.1 Å². The minimum Gasteiger partial charge on any atom is -0.444 e. The summed E-state index contributed by atoms with van der Waals surface area (Å²) >= 11 is 0. The van der Waals surface area contributed by atoms with Crippen LogP contribution in [0.4, 0.5) is 10.6 Å². The lowest BCUT2D eigenvalue weighted by molar-refractivity contribution is 0.0224. The molecule has 0 saturated carbocycles. The number of likely N-dealkylation sites (tertiary alicyclic amines) is 1. The third kappa shape index (κ3) is 3.80. The Morgan fingerprint density at radius 3 is 2.75 bits per heavy atom. The van der Waals surface area contributed by atoms with Gasteiger partial charge in [-0.25, -0.2) is 9.78 Å². The van der Waals surface area contributed by atoms with Crippen LogP contribution >= 0.6 is 0 Å². The van der Waals surface area contributed by atoms with Crippen LogP contribution in [0.5, 0.6) is 0 Å². The highest BCUT2D eigenvalue weighted by Crippen LogP contribution is 2.37. The molecule has 0 bridgehead atoms. The summed E-state index contributed by atoms with van der Waals surface area (Å²) in [5.41, 5.74) is 0.634. The van der Waals surface area contributed by atoms with Gasteiger partial charge in [0.15, 0.2) is 0 Å². The zero-order valence-electron chi connectivity index (χ0n) is 14.8. The Balaban J connectivity index is 1.83. The van der Waals surface area contributed by atoms with Gasteiger partial charge < -0.3 is 19.3 Å². The number of carbonyl (C=O) groups excluding carboxylic acids is 1. The van der Waals surface area contributed by atoms with E-state index < -0.39 is 5.60 Å². The van der Waals surface area contributed by atoms with Crippen molar-refractivity contribution < 1.29 is 14.3 Å². The van der Waals surface area contributed by atoms with Gasteiger partial charge >= 0.3 is 6.09 Å². The highest BCUT2D eigenvalue weighted by atomic mass is 16.6. The minimum atomic E-state index is -0.480. The summed E-state index contributed by atoms with van der Waals surface area (Å²) in [6.45, 7) is 9.55. The number of anilines is 1. The van der Waals surface area contributed by atoms with Crippen molar-refractivity contribution in [3.63, 3.8) is 0 Å². The van der Waals surface area contributed by atoms with E-state index in [1.165, 1.54) is 0 Å². The Morgan fingerprint density at radius 1 is 1.29 bits per heavy atom. The molecule has 0 aromatic carbocycles. The second-order valence-electron chi connectivity index (χ2n) is 7.35. The predicted octanol–water partition coefficient (Wildman–Crippen LogP) is 2.99. The number of rotatable bonds is 2. The maximum Gasteiger partial charge on any atom is 0.410 e. The summed E-state index contributed by atoms with van der Waals surface area (Å²) in [7, 11) is 0. The monoisotopic (exact) mass is 333 g/mol. The molecule has 132 valence electrons. The van der Waals surface area contributed by atoms with Crippen LogP contribution in [0.25, 0.3) is 0 Å². The van der Waals surface area contributed by atoms with Crippen LogP contribution in [0.1, 0.15) is 45.2 Å². The fourth-order valence-electron chi connectivity index (χ4n) is 3.34. The van der Waals surface area contributed by atoms with E-state index >= 15 is 0 Å². The Hall–Kier alpha value is -1.82. The highest BCUT2D eigenvalue weighted by molar-refractivity contribution is 5.70. The summed E-state index contributed by atoms with van der Waals surface area (Å²) in [4.78, 5) is 21.3. The molecule has 1 aromatic heterocycles. The number of pyridine rings is 1. The summed E-state index contributed by atoms with van der Waals surface area (Å²) in [6, 6.07) is 4.07. The number of morpholine rings is 1. The smallest absolute Gasteiger partial charge is 0.410 e. The molecule has 3 heterocycles. The zero-order chi connectivity index (χ0) is 17.2. The van der Waals surface area contributed by atoms with Gasteiger partial charge in [0, 0.05) is 31.4 Å². The molecular weight excluding hydrogens is 306 g/mol. The van der Waals surface area contributed by atoms with Crippen LogP contribution in [0.15, 0.2) is 18.3 Å². The third-order valence-electron chi connectivity index (χ3n) is 4.37. The van der Waals surface area contributed by atoms with Crippen LogP contribution in [0.3, 0.4) is 0 Å². The Bertz CT molecular complexity index is 579. The van der Waals surface area contributed by atoms with Gasteiger partial charge in [0.25, 0.3) is 0 Å². The quantitative estimate of drug-likeness (QED) is 0.833. The van der Waals surface area contributed by atoms with Crippen molar-refractivity contribution in [1.29, 1.82) is 0 Å². The molecule has 0 aliphatic carbocycles. The number of aromatic nitrogens is 1. The SMILES string of the molecule is CC(C)(C)OC(=O)N1CCC[C@H]1c1cccnc1N1CCOCC1. The van der Waals surface area contributed by atoms with Crippen LogP contribution in [0, 0.1) is 0 Å². The van der Waals surface area contributed by atoms with Gasteiger partial charge in [-0.1, -0.05) is 6.07 Å². The van der Waals surface area contributed by atoms with Crippen molar-refractivity contribution in [3.8, 4) is 0 Å². The summed E-state index contributed by atoms with van der Waals surface area (Å²) in [5.74, 6) is 0.973. The van der Waals surface area contributed by atoms with Gasteiger partial charge in [0.2, 0.25) is 0 Å². The molecule has 3 rings (SSSR count). The van der Waals surface area contributed by atoms with Crippen LogP contribution < -0.4 is 4.90 Å². The van der Waals surface area contributed by atoms with E-state index in [-0.39, 0.29) is 12.1 Å². The van der Waals surface area contributed by atoms with Crippen LogP contribution in [-0.4, -0.2) is 54.4 Å². The lowest BCUT2D eigenvalue weighted by Gasteiger charge is -2.33. The first kappa shape index (κ1) is 17.0. The van der Waals surface area contributed by atoms with Gasteiger partial charge in [-0.3, -0.25) is 0 Å². The largest absolute Gasteiger partial charge is 0.444 e. The number of carbonyl (C=O) groups is 1. The summed E-state index contributed by atoms with van der Waals surface area (Å²) in [6.07, 6.45) is 3.52. The molecule has 0 radical (unpaired) electrons. The molecule has 2 aliphatic rings. The van der Waals surface area contributed by atoms with Crippen molar-refractivity contribution in [1.82, 2.24) is 9.88 Å². The lowest BCUT2D eigenvalue weighted by Crippen LogP contribution is -2.39. The first-order valence-electron chi connectivity index (χ1n) is 8.73. The summed E-state index contributed by atoms with van der Waals surface area (Å²) < 4.78 is 11.0. The Kier molecular flexibility index (Phi) is 4.94. The van der Waals surface area contributed by atoms with Gasteiger partial charge in [-0.15, -0.1) is 0 Å². The number of nitrogens with zero attached hydrogens (tertiary/aromatic N) is 3. The van der Waals surface area contributed by atoms with Crippen molar-refractivity contribution in [2.75, 3.05) is 37.7 Å². The molecule has 1 amide bonds. The zero-order valence-corrected chi connectivity index (χ0v) is 14.8. The van der Waals surface area contributed by atoms with Gasteiger partial charge in [-0.2, -0.15) is 0 Å². The minimum absolute atomic E-state index is 0.0337. The molecule has 0 spiro atoms. The van der Waals surface area contributed by atoms with Crippen LogP contribution in [-0.2, 0) is 9.47 Å². The lowest BCUT2D eigenvalue weighted by atomic mass is 10.0. The topological polar surface area (TPSA) is 54.9 Å². The van der Waals surface area contributed by atoms with Crippen LogP contribution in [0.2, 0.25) is 0 Å². The number of amides is 1. The third-order valence-corrected chi connectivity index (χ3v) is 4.37. The number of ether oxygens (including phenoxy) is 2. The fourth-order valence-corrected chi connectivity index (χ4v) is 3.34. The van der Waals surface area contributed by atoms with E-state index in [1.807, 2.05) is 37.9 Å². The molecule has 6 nitrogen and oxygen atoms in total. The molecule has 1 aromatic rings. The maximum atomic E-state index is 12.6. The van der Waals surface area contributed by atoms with Gasteiger partial charge in [0.05, 0.1) is 19.3 Å². The second-order valence-corrected chi connectivity index (χ2v) is 7.35. The first-order valence-corrected chi connectivity index (χ1v) is 8.73. The molecule has 0 N–H and O–H groups in total. The highest BCUT2D eigenvalue weighted by Gasteiger charge is 2.35. The maximum absolute atomic E-state index is 12.6. The van der Waals surface area contributed by atoms with Crippen molar-refractivity contribution in [3.05, 3.63) is 23.9 Å². The molecule has 24 heavy (non-hydrogen) atoms. The van der Waals surface area contributed by atoms with Gasteiger partial charge in [-0.05, 0) is 39.7 Å². The average molecular weight is 333 g/mol. The van der Waals surface area contributed by atoms with Crippen molar-refractivity contribution >= 4 is 11.9 Å². The molecule has 2 fully saturated rings. The molecular formula is C18H27N3O3. The standard InChI is InChI=1S/C18H27N3O3/c1-18(2,3)24-17(22)21-9-5-7-15(21)14-6-4-8-19-16(14)20-10-12-23-13-11-20/h4,6,8,15H,5,7,9-13H2,1-3H3/t15-/m0/s1. The average Bonchev–Trinajstić information content (AvgIpc) is 3.04. The second kappa shape index (κ2) is 6.97. The molecule has 1 atom stereocenters. The van der Waals surface area contributed by atoms with E-state index in [0.29, 0.717) is 0 Å². The van der Waals surface area contributed by atoms with Crippen molar-refractivity contribution in [2.24, 2.45) is 0 Å². The van der Waals surface area contributed by atoms with E-state index in [1.54, 1.807) is 0 Å². The van der Waals surface area contributed by atoms with Crippen molar-refractivity contribution in [2.45, 2.75) is 45.3 Å². The predicted molar refractivity (Wildman–Crippen MR) is 92.2 cm³/mol. The molecule has 2 saturated heterocycles.